The average Bonchev–Trinajstić information content (AvgIpc) is 3.29. The van der Waals surface area contributed by atoms with Crippen molar-refractivity contribution in [1.29, 1.82) is 5.26 Å². The number of thiazole rings is 1. The Kier molecular flexibility index (Phi) is 6.53. The van der Waals surface area contributed by atoms with Crippen molar-refractivity contribution in [3.8, 4) is 12.1 Å². The largest absolute Gasteiger partial charge is 0.459 e. The molecule has 8 heteroatoms. The molecule has 0 unspecified atom stereocenters. The van der Waals surface area contributed by atoms with Gasteiger partial charge in [0.25, 0.3) is 0 Å². The van der Waals surface area contributed by atoms with Gasteiger partial charge in [-0.2, -0.15) is 10.2 Å². The molecule has 1 aliphatic heterocycles. The van der Waals surface area contributed by atoms with Gasteiger partial charge in [-0.1, -0.05) is 36.4 Å². The van der Waals surface area contributed by atoms with Crippen molar-refractivity contribution in [2.24, 2.45) is 0 Å². The Morgan fingerprint density at radius 3 is 2.61 bits per heavy atom. The van der Waals surface area contributed by atoms with E-state index in [0.717, 1.165) is 53.6 Å². The second kappa shape index (κ2) is 10.0. The van der Waals surface area contributed by atoms with Gasteiger partial charge >= 0.3 is 6.01 Å². The van der Waals surface area contributed by atoms with Crippen LogP contribution in [0.4, 0.5) is 0 Å². The lowest BCUT2D eigenvalue weighted by molar-refractivity contribution is 0.0342. The highest BCUT2D eigenvalue weighted by atomic mass is 32.1. The Morgan fingerprint density at radius 2 is 1.82 bits per heavy atom. The highest BCUT2D eigenvalue weighted by molar-refractivity contribution is 7.18. The van der Waals surface area contributed by atoms with E-state index in [0.29, 0.717) is 12.3 Å². The van der Waals surface area contributed by atoms with Crippen LogP contribution in [-0.2, 0) is 17.9 Å². The van der Waals surface area contributed by atoms with Crippen LogP contribution in [-0.4, -0.2) is 46.2 Å². The molecule has 1 fully saturated rings. The number of aromatic nitrogens is 3. The fraction of sp³-hybridized carbons (Fsp3) is 0.280. The van der Waals surface area contributed by atoms with Gasteiger partial charge in [0.2, 0.25) is 0 Å². The molecule has 3 heterocycles. The molecule has 166 valence electrons. The summed E-state index contributed by atoms with van der Waals surface area (Å²) in [5, 5.41) is 10.5. The van der Waals surface area contributed by atoms with Crippen LogP contribution in [0, 0.1) is 11.3 Å². The van der Waals surface area contributed by atoms with Gasteiger partial charge in [0, 0.05) is 25.8 Å². The van der Waals surface area contributed by atoms with E-state index in [2.05, 4.69) is 50.2 Å². The summed E-state index contributed by atoms with van der Waals surface area (Å²) >= 11 is 1.51. The summed E-state index contributed by atoms with van der Waals surface area (Å²) in [4.78, 5) is 15.7. The molecule has 0 amide bonds. The van der Waals surface area contributed by atoms with E-state index in [-0.39, 0.29) is 6.01 Å². The third-order valence-corrected chi connectivity index (χ3v) is 6.64. The Hall–Kier alpha value is -3.38. The zero-order chi connectivity index (χ0) is 22.5. The number of nitrogens with zero attached hydrogens (tertiary/aromatic N) is 5. The van der Waals surface area contributed by atoms with Gasteiger partial charge in [-0.05, 0) is 29.3 Å². The molecule has 0 N–H and O–H groups in total. The molecule has 33 heavy (non-hydrogen) atoms. The first-order chi connectivity index (χ1) is 16.3. The molecule has 5 rings (SSSR count). The molecule has 0 radical (unpaired) electrons. The number of benzene rings is 2. The fourth-order valence-corrected chi connectivity index (χ4v) is 4.78. The smallest absolute Gasteiger partial charge is 0.316 e. The maximum Gasteiger partial charge on any atom is 0.316 e. The zero-order valence-electron chi connectivity index (χ0n) is 18.1. The maximum absolute atomic E-state index is 9.81. The monoisotopic (exact) mass is 457 g/mol. The molecule has 7 nitrogen and oxygen atoms in total. The highest BCUT2D eigenvalue weighted by Gasteiger charge is 2.20. The average molecular weight is 458 g/mol. The minimum absolute atomic E-state index is 0.256. The summed E-state index contributed by atoms with van der Waals surface area (Å²) in [5.41, 5.74) is 3.78. The number of hydrogen-bond donors (Lipinski definition) is 0. The van der Waals surface area contributed by atoms with Crippen molar-refractivity contribution >= 4 is 21.6 Å². The predicted molar refractivity (Wildman–Crippen MR) is 126 cm³/mol. The lowest BCUT2D eigenvalue weighted by Crippen LogP contribution is -2.35. The van der Waals surface area contributed by atoms with Crippen molar-refractivity contribution in [2.45, 2.75) is 19.1 Å². The molecule has 0 saturated carbocycles. The van der Waals surface area contributed by atoms with Crippen LogP contribution in [0.5, 0.6) is 6.01 Å². The number of nitriles is 1. The molecule has 1 aliphatic rings. The van der Waals surface area contributed by atoms with Crippen molar-refractivity contribution in [2.75, 3.05) is 26.3 Å². The lowest BCUT2D eigenvalue weighted by atomic mass is 10.1. The lowest BCUT2D eigenvalue weighted by Gasteiger charge is -2.26. The van der Waals surface area contributed by atoms with Crippen molar-refractivity contribution in [3.05, 3.63) is 82.6 Å². The third-order valence-electron chi connectivity index (χ3n) is 5.54. The number of rotatable bonds is 7. The summed E-state index contributed by atoms with van der Waals surface area (Å²) in [5.74, 6) is -0.563. The highest BCUT2D eigenvalue weighted by Crippen LogP contribution is 2.31. The summed E-state index contributed by atoms with van der Waals surface area (Å²) in [6.07, 6.45) is 1.63. The Bertz CT molecular complexity index is 1230. The molecule has 1 saturated heterocycles. The van der Waals surface area contributed by atoms with Crippen LogP contribution >= 0.6 is 11.3 Å². The first-order valence-corrected chi connectivity index (χ1v) is 11.7. The van der Waals surface area contributed by atoms with Gasteiger partial charge in [0.05, 0.1) is 35.2 Å². The van der Waals surface area contributed by atoms with Gasteiger partial charge in [-0.25, -0.2) is 9.97 Å². The maximum atomic E-state index is 9.81. The second-order valence-electron chi connectivity index (χ2n) is 7.84. The van der Waals surface area contributed by atoms with Crippen LogP contribution in [0.25, 0.3) is 10.2 Å². The first kappa shape index (κ1) is 21.5. The minimum atomic E-state index is -0.563. The Balaban J connectivity index is 1.24. The summed E-state index contributed by atoms with van der Waals surface area (Å²) in [6, 6.07) is 20.6. The minimum Gasteiger partial charge on any atom is -0.459 e. The number of ether oxygens (including phenoxy) is 2. The molecular formula is C25H23N5O2S. The van der Waals surface area contributed by atoms with Crippen molar-refractivity contribution in [1.82, 2.24) is 19.9 Å². The van der Waals surface area contributed by atoms with Crippen molar-refractivity contribution < 1.29 is 9.47 Å². The quantitative estimate of drug-likeness (QED) is 0.412. The predicted octanol–water partition coefficient (Wildman–Crippen LogP) is 4.15. The standard InChI is InChI=1S/C25H23N5O2S/c26-15-20(24-28-22-3-1-2-4-23(22)33-24)21-9-10-27-25(29-21)32-17-19-7-5-18(6-8-19)16-30-11-13-31-14-12-30/h1-10,20H,11-14,16-17H2/t20-/m1/s1. The third kappa shape index (κ3) is 5.17. The number of fused-ring (bicyclic) bond motifs is 1. The molecule has 0 bridgehead atoms. The van der Waals surface area contributed by atoms with Gasteiger partial charge in [0.15, 0.2) is 0 Å². The Labute approximate surface area is 196 Å². The number of para-hydroxylation sites is 1. The Morgan fingerprint density at radius 1 is 1.03 bits per heavy atom. The molecule has 2 aromatic carbocycles. The van der Waals surface area contributed by atoms with E-state index >= 15 is 0 Å². The van der Waals surface area contributed by atoms with Gasteiger partial charge in [-0.3, -0.25) is 4.90 Å². The fourth-order valence-electron chi connectivity index (χ4n) is 3.75. The second-order valence-corrected chi connectivity index (χ2v) is 8.90. The van der Waals surface area contributed by atoms with Crippen molar-refractivity contribution in [3.63, 3.8) is 0 Å². The van der Waals surface area contributed by atoms with E-state index in [1.165, 1.54) is 16.9 Å². The summed E-state index contributed by atoms with van der Waals surface area (Å²) in [6.45, 7) is 4.84. The van der Waals surface area contributed by atoms with Gasteiger partial charge in [-0.15, -0.1) is 11.3 Å². The molecule has 4 aromatic rings. The molecule has 0 spiro atoms. The first-order valence-electron chi connectivity index (χ1n) is 10.9. The number of morpholine rings is 1. The van der Waals surface area contributed by atoms with Crippen LogP contribution in [0.3, 0.4) is 0 Å². The van der Waals surface area contributed by atoms with E-state index in [4.69, 9.17) is 9.47 Å². The molecule has 1 atom stereocenters. The van der Waals surface area contributed by atoms with Crippen LogP contribution in [0.2, 0.25) is 0 Å². The van der Waals surface area contributed by atoms with E-state index in [1.54, 1.807) is 12.3 Å². The van der Waals surface area contributed by atoms with Gasteiger partial charge in [0.1, 0.15) is 17.5 Å². The zero-order valence-corrected chi connectivity index (χ0v) is 18.9. The topological polar surface area (TPSA) is 84.2 Å². The van der Waals surface area contributed by atoms with Gasteiger partial charge < -0.3 is 9.47 Å². The van der Waals surface area contributed by atoms with Crippen LogP contribution < -0.4 is 4.74 Å². The number of hydrogen-bond acceptors (Lipinski definition) is 8. The molecule has 2 aromatic heterocycles. The van der Waals surface area contributed by atoms with Crippen LogP contribution in [0.1, 0.15) is 27.7 Å². The molecule has 0 aliphatic carbocycles. The van der Waals surface area contributed by atoms with E-state index in [9.17, 15) is 5.26 Å². The van der Waals surface area contributed by atoms with E-state index in [1.807, 2.05) is 24.3 Å². The van der Waals surface area contributed by atoms with E-state index < -0.39 is 5.92 Å². The normalized spacial score (nSPS) is 15.2. The summed E-state index contributed by atoms with van der Waals surface area (Å²) < 4.78 is 12.3. The molecular weight excluding hydrogens is 434 g/mol. The van der Waals surface area contributed by atoms with Crippen LogP contribution in [0.15, 0.2) is 60.8 Å². The summed E-state index contributed by atoms with van der Waals surface area (Å²) in [7, 11) is 0. The SMILES string of the molecule is N#C[C@H](c1ccnc(OCc2ccc(CN3CCOCC3)cc2)n1)c1nc2ccccc2s1.